The molecule has 3 N–H and O–H groups in total. The number of anilines is 2. The van der Waals surface area contributed by atoms with Crippen molar-refractivity contribution in [1.82, 2.24) is 5.16 Å². The molecular formula is C15H14N4O4. The Morgan fingerprint density at radius 3 is 2.57 bits per heavy atom. The average Bonchev–Trinajstić information content (AvgIpc) is 2.86. The van der Waals surface area contributed by atoms with Crippen molar-refractivity contribution < 1.29 is 18.8 Å². The molecule has 1 heterocycles. The quantitative estimate of drug-likeness (QED) is 0.819. The first-order valence-corrected chi connectivity index (χ1v) is 6.66. The first-order valence-electron chi connectivity index (χ1n) is 6.66. The normalized spacial score (nSPS) is 11.3. The van der Waals surface area contributed by atoms with Crippen LogP contribution in [0.15, 0.2) is 28.8 Å². The maximum absolute atomic E-state index is 12.0. The molecule has 0 aliphatic carbocycles. The molecule has 0 fully saturated rings. The molecule has 0 unspecified atom stereocenters. The number of hydrogen-bond donors (Lipinski definition) is 2. The third-order valence-corrected chi connectivity index (χ3v) is 3.03. The van der Waals surface area contributed by atoms with Crippen LogP contribution in [-0.2, 0) is 9.53 Å². The predicted molar refractivity (Wildman–Crippen MR) is 80.3 cm³/mol. The summed E-state index contributed by atoms with van der Waals surface area (Å²) >= 11 is 0. The van der Waals surface area contributed by atoms with Crippen LogP contribution in [0.25, 0.3) is 0 Å². The van der Waals surface area contributed by atoms with Crippen molar-refractivity contribution in [2.45, 2.75) is 20.0 Å². The summed E-state index contributed by atoms with van der Waals surface area (Å²) in [6.45, 7) is 2.97. The van der Waals surface area contributed by atoms with Crippen LogP contribution in [0.5, 0.6) is 0 Å². The molecule has 118 valence electrons. The van der Waals surface area contributed by atoms with Crippen LogP contribution in [0.4, 0.5) is 11.6 Å². The highest BCUT2D eigenvalue weighted by Crippen LogP contribution is 2.18. The summed E-state index contributed by atoms with van der Waals surface area (Å²) in [7, 11) is 0. The Hall–Kier alpha value is -3.34. The maximum atomic E-state index is 12.0. The first kappa shape index (κ1) is 16.0. The van der Waals surface area contributed by atoms with E-state index in [0.29, 0.717) is 11.3 Å². The number of rotatable bonds is 4. The van der Waals surface area contributed by atoms with Gasteiger partial charge in [-0.25, -0.2) is 4.79 Å². The number of hydrogen-bond acceptors (Lipinski definition) is 7. The van der Waals surface area contributed by atoms with E-state index in [1.165, 1.54) is 13.8 Å². The number of carbonyl (C=O) groups is 2. The number of nitrogens with two attached hydrogens (primary N) is 1. The lowest BCUT2D eigenvalue weighted by atomic mass is 10.2. The van der Waals surface area contributed by atoms with E-state index in [-0.39, 0.29) is 17.1 Å². The number of nitrogens with zero attached hydrogens (tertiary/aromatic N) is 2. The van der Waals surface area contributed by atoms with E-state index in [1.807, 2.05) is 6.07 Å². The number of ether oxygens (including phenoxy) is 1. The van der Waals surface area contributed by atoms with Crippen molar-refractivity contribution in [3.8, 4) is 6.07 Å². The van der Waals surface area contributed by atoms with E-state index in [2.05, 4.69) is 15.0 Å². The fraction of sp³-hybridized carbons (Fsp3) is 0.200. The number of aryl methyl sites for hydroxylation is 1. The smallest absolute Gasteiger partial charge is 0.346 e. The molecule has 0 radical (unpaired) electrons. The fourth-order valence-corrected chi connectivity index (χ4v) is 1.78. The molecule has 0 bridgehead atoms. The van der Waals surface area contributed by atoms with Gasteiger partial charge in [-0.3, -0.25) is 4.79 Å². The summed E-state index contributed by atoms with van der Waals surface area (Å²) in [6.07, 6.45) is -1.05. The van der Waals surface area contributed by atoms with Gasteiger partial charge in [-0.15, -0.1) is 0 Å². The zero-order chi connectivity index (χ0) is 17.0. The number of carbonyl (C=O) groups excluding carboxylic acids is 2. The Balaban J connectivity index is 1.99. The number of nitrogens with one attached hydrogen (secondary N) is 1. The Morgan fingerprint density at radius 1 is 1.39 bits per heavy atom. The van der Waals surface area contributed by atoms with Crippen LogP contribution in [0.1, 0.15) is 28.5 Å². The van der Waals surface area contributed by atoms with Crippen molar-refractivity contribution in [3.63, 3.8) is 0 Å². The minimum absolute atomic E-state index is 0.00280. The lowest BCUT2D eigenvalue weighted by Gasteiger charge is -2.13. The van der Waals surface area contributed by atoms with Crippen LogP contribution >= 0.6 is 0 Å². The topological polar surface area (TPSA) is 131 Å². The van der Waals surface area contributed by atoms with E-state index in [9.17, 15) is 9.59 Å². The Labute approximate surface area is 131 Å². The lowest BCUT2D eigenvalue weighted by molar-refractivity contribution is -0.123. The molecular weight excluding hydrogens is 300 g/mol. The highest BCUT2D eigenvalue weighted by Gasteiger charge is 2.24. The SMILES string of the molecule is Cc1noc(N)c1C(=O)O[C@H](C)C(=O)Nc1ccc(C#N)cc1. The molecule has 1 aromatic carbocycles. The van der Waals surface area contributed by atoms with Gasteiger partial charge < -0.3 is 20.3 Å². The van der Waals surface area contributed by atoms with E-state index in [0.717, 1.165) is 0 Å². The number of amides is 1. The molecule has 1 amide bonds. The number of benzene rings is 1. The second-order valence-electron chi connectivity index (χ2n) is 4.73. The zero-order valence-electron chi connectivity index (χ0n) is 12.5. The molecule has 0 aliphatic rings. The molecule has 2 aromatic rings. The van der Waals surface area contributed by atoms with E-state index >= 15 is 0 Å². The summed E-state index contributed by atoms with van der Waals surface area (Å²) in [5, 5.41) is 14.8. The number of esters is 1. The van der Waals surface area contributed by atoms with Crippen LogP contribution in [0.2, 0.25) is 0 Å². The molecule has 8 nitrogen and oxygen atoms in total. The minimum atomic E-state index is -1.05. The van der Waals surface area contributed by atoms with Crippen LogP contribution in [0, 0.1) is 18.3 Å². The zero-order valence-corrected chi connectivity index (χ0v) is 12.5. The third-order valence-electron chi connectivity index (χ3n) is 3.03. The number of nitrogen functional groups attached to an aromatic ring is 1. The van der Waals surface area contributed by atoms with Crippen LogP contribution in [-0.4, -0.2) is 23.1 Å². The van der Waals surface area contributed by atoms with Crippen LogP contribution in [0.3, 0.4) is 0 Å². The van der Waals surface area contributed by atoms with Gasteiger partial charge in [0, 0.05) is 5.69 Å². The number of aromatic nitrogens is 1. The highest BCUT2D eigenvalue weighted by molar-refractivity contribution is 5.99. The van der Waals surface area contributed by atoms with Gasteiger partial charge in [0.2, 0.25) is 5.88 Å². The van der Waals surface area contributed by atoms with E-state index < -0.39 is 18.0 Å². The standard InChI is InChI=1S/C15H14N4O4/c1-8-12(13(17)23-19-8)15(21)22-9(2)14(20)18-11-5-3-10(7-16)4-6-11/h3-6,9H,17H2,1-2H3,(H,18,20)/t9-/m1/s1. The molecule has 0 aliphatic heterocycles. The molecule has 1 atom stereocenters. The van der Waals surface area contributed by atoms with Crippen molar-refractivity contribution in [1.29, 1.82) is 5.26 Å². The fourth-order valence-electron chi connectivity index (χ4n) is 1.78. The Bertz CT molecular complexity index is 754. The van der Waals surface area contributed by atoms with Gasteiger partial charge in [-0.2, -0.15) is 5.26 Å². The van der Waals surface area contributed by atoms with Crippen molar-refractivity contribution in [2.75, 3.05) is 11.1 Å². The highest BCUT2D eigenvalue weighted by atomic mass is 16.5. The van der Waals surface area contributed by atoms with E-state index in [4.69, 9.17) is 15.7 Å². The van der Waals surface area contributed by atoms with Crippen molar-refractivity contribution in [3.05, 3.63) is 41.1 Å². The van der Waals surface area contributed by atoms with E-state index in [1.54, 1.807) is 24.3 Å². The van der Waals surface area contributed by atoms with Gasteiger partial charge in [0.05, 0.1) is 17.3 Å². The second-order valence-corrected chi connectivity index (χ2v) is 4.73. The van der Waals surface area contributed by atoms with Gasteiger partial charge in [0.25, 0.3) is 5.91 Å². The summed E-state index contributed by atoms with van der Waals surface area (Å²) in [5.41, 5.74) is 6.73. The molecule has 23 heavy (non-hydrogen) atoms. The summed E-state index contributed by atoms with van der Waals surface area (Å²) in [6, 6.07) is 8.25. The largest absolute Gasteiger partial charge is 0.449 e. The summed E-state index contributed by atoms with van der Waals surface area (Å²) < 4.78 is 9.73. The second kappa shape index (κ2) is 6.62. The Morgan fingerprint density at radius 2 is 2.04 bits per heavy atom. The molecule has 0 saturated heterocycles. The van der Waals surface area contributed by atoms with Gasteiger partial charge >= 0.3 is 5.97 Å². The van der Waals surface area contributed by atoms with Crippen molar-refractivity contribution >= 4 is 23.4 Å². The van der Waals surface area contributed by atoms with Gasteiger partial charge in [-0.05, 0) is 38.1 Å². The monoisotopic (exact) mass is 314 g/mol. The number of nitriles is 1. The van der Waals surface area contributed by atoms with Gasteiger partial charge in [-0.1, -0.05) is 5.16 Å². The molecule has 8 heteroatoms. The molecule has 1 aromatic heterocycles. The summed E-state index contributed by atoms with van der Waals surface area (Å²) in [5.74, 6) is -1.47. The third kappa shape index (κ3) is 3.65. The van der Waals surface area contributed by atoms with Crippen molar-refractivity contribution in [2.24, 2.45) is 0 Å². The maximum Gasteiger partial charge on any atom is 0.346 e. The predicted octanol–water partition coefficient (Wildman–Crippen LogP) is 1.62. The average molecular weight is 314 g/mol. The molecule has 0 saturated carbocycles. The molecule has 0 spiro atoms. The minimum Gasteiger partial charge on any atom is -0.449 e. The lowest BCUT2D eigenvalue weighted by Crippen LogP contribution is -2.30. The Kier molecular flexibility index (Phi) is 4.61. The first-order chi connectivity index (χ1) is 10.9. The van der Waals surface area contributed by atoms with Crippen LogP contribution < -0.4 is 11.1 Å². The summed E-state index contributed by atoms with van der Waals surface area (Å²) in [4.78, 5) is 24.0. The molecule has 2 rings (SSSR count). The van der Waals surface area contributed by atoms with Gasteiger partial charge in [0.15, 0.2) is 6.10 Å². The van der Waals surface area contributed by atoms with Gasteiger partial charge in [0.1, 0.15) is 5.56 Å².